The molecule has 0 aromatic rings. The van der Waals surface area contributed by atoms with Crippen LogP contribution in [0.5, 0.6) is 0 Å². The fourth-order valence-corrected chi connectivity index (χ4v) is 4.95. The zero-order chi connectivity index (χ0) is 27.9. The van der Waals surface area contributed by atoms with E-state index in [4.69, 9.17) is 8.37 Å². The van der Waals surface area contributed by atoms with Crippen molar-refractivity contribution in [1.82, 2.24) is 4.90 Å². The number of hydrogen-bond donors (Lipinski definition) is 0. The molecule has 0 aliphatic carbocycles. The molecule has 0 aliphatic rings. The minimum absolute atomic E-state index is 0. The van der Waals surface area contributed by atoms with Gasteiger partial charge in [0.15, 0.2) is 0 Å². The topological polar surface area (TPSA) is 55.8 Å². The molecular weight excluding hydrogens is 585 g/mol. The molecular formula is C31H69BrNNaO4S. The molecule has 0 rings (SSSR count). The number of unbranched alkanes of at least 4 members (excludes halogenated alkanes) is 22. The van der Waals surface area contributed by atoms with Crippen LogP contribution in [-0.2, 0) is 18.8 Å². The first kappa shape index (κ1) is 47.2. The second-order valence-electron chi connectivity index (χ2n) is 11.2. The van der Waals surface area contributed by atoms with Crippen LogP contribution in [0.4, 0.5) is 0 Å². The minimum Gasteiger partial charge on any atom is -1.00 e. The van der Waals surface area contributed by atoms with Crippen molar-refractivity contribution in [2.75, 3.05) is 34.4 Å². The van der Waals surface area contributed by atoms with Crippen molar-refractivity contribution < 1.29 is 47.8 Å². The molecule has 0 amide bonds. The molecule has 0 heterocycles. The third-order valence-electron chi connectivity index (χ3n) is 6.45. The van der Waals surface area contributed by atoms with Gasteiger partial charge in [-0.05, 0) is 34.0 Å². The van der Waals surface area contributed by atoms with Crippen molar-refractivity contribution in [3.63, 3.8) is 0 Å². The van der Waals surface area contributed by atoms with E-state index in [9.17, 15) is 8.42 Å². The zero-order valence-electron chi connectivity index (χ0n) is 28.3. The van der Waals surface area contributed by atoms with E-state index >= 15 is 0 Å². The van der Waals surface area contributed by atoms with Gasteiger partial charge in [-0.25, -0.2) is 8.37 Å². The Labute approximate surface area is 280 Å². The average molecular weight is 655 g/mol. The van der Waals surface area contributed by atoms with Gasteiger partial charge in [0.05, 0.1) is 13.2 Å². The standard InChI is InChI=1S/C28H58O4S.C3H9N.BrH.Na.H/c1-3-5-7-9-11-13-15-16-17-18-20-22-24-26-28-32-33(29,30)31-27-25-23-21-19-14-12-10-8-6-4-2;1-4(2)3;;;/h3-28H2,1-2H3;1-3H3;1H;;/q;;;+1;-1. The predicted molar refractivity (Wildman–Crippen MR) is 174 cm³/mol. The Morgan fingerprint density at radius 3 is 0.846 bits per heavy atom. The molecule has 0 bridgehead atoms. The Morgan fingerprint density at radius 2 is 0.641 bits per heavy atom. The van der Waals surface area contributed by atoms with Gasteiger partial charge < -0.3 is 6.33 Å². The Balaban J connectivity index is -0.000000543. The largest absolute Gasteiger partial charge is 1.00 e. The summed E-state index contributed by atoms with van der Waals surface area (Å²) in [5.74, 6) is 0. The van der Waals surface area contributed by atoms with Crippen LogP contribution >= 0.6 is 17.0 Å². The monoisotopic (exact) mass is 653 g/mol. The minimum atomic E-state index is -3.81. The van der Waals surface area contributed by atoms with Crippen molar-refractivity contribution in [3.05, 3.63) is 0 Å². The summed E-state index contributed by atoms with van der Waals surface area (Å²) in [4.78, 5) is 2.00. The zero-order valence-corrected chi connectivity index (χ0v) is 31.8. The summed E-state index contributed by atoms with van der Waals surface area (Å²) in [7, 11) is 2.19. The van der Waals surface area contributed by atoms with Crippen LogP contribution in [0.2, 0.25) is 0 Å². The fourth-order valence-electron chi connectivity index (χ4n) is 4.24. The van der Waals surface area contributed by atoms with E-state index in [2.05, 4.69) is 13.8 Å². The van der Waals surface area contributed by atoms with E-state index in [1.165, 1.54) is 122 Å². The van der Waals surface area contributed by atoms with Gasteiger partial charge >= 0.3 is 40.0 Å². The fraction of sp³-hybridized carbons (Fsp3) is 1.00. The molecule has 0 atom stereocenters. The smallest absolute Gasteiger partial charge is 1.00 e. The second kappa shape index (κ2) is 39.3. The van der Waals surface area contributed by atoms with Crippen LogP contribution in [0.25, 0.3) is 0 Å². The van der Waals surface area contributed by atoms with Crippen LogP contribution in [0, 0.1) is 0 Å². The van der Waals surface area contributed by atoms with Crippen LogP contribution < -0.4 is 29.6 Å². The molecule has 0 unspecified atom stereocenters. The predicted octanol–water partition coefficient (Wildman–Crippen LogP) is 7.54. The molecule has 5 nitrogen and oxygen atoms in total. The Morgan fingerprint density at radius 1 is 0.462 bits per heavy atom. The summed E-state index contributed by atoms with van der Waals surface area (Å²) >= 11 is 0. The van der Waals surface area contributed by atoms with Gasteiger partial charge in [-0.15, -0.1) is 17.0 Å². The summed E-state index contributed by atoms with van der Waals surface area (Å²) in [6.07, 6.45) is 30.2. The maximum Gasteiger partial charge on any atom is 1.00 e. The van der Waals surface area contributed by atoms with E-state index < -0.39 is 10.4 Å². The normalized spacial score (nSPS) is 11.0. The Bertz CT molecular complexity index is 529. The van der Waals surface area contributed by atoms with E-state index in [0.717, 1.165) is 32.1 Å². The summed E-state index contributed by atoms with van der Waals surface area (Å²) in [6, 6.07) is 0. The molecule has 0 fully saturated rings. The first-order valence-electron chi connectivity index (χ1n) is 16.0. The van der Waals surface area contributed by atoms with Gasteiger partial charge in [0.25, 0.3) is 0 Å². The van der Waals surface area contributed by atoms with Gasteiger partial charge in [-0.1, -0.05) is 155 Å². The van der Waals surface area contributed by atoms with Crippen LogP contribution in [-0.4, -0.2) is 47.7 Å². The number of rotatable bonds is 28. The van der Waals surface area contributed by atoms with E-state index in [0.29, 0.717) is 0 Å². The van der Waals surface area contributed by atoms with Crippen LogP contribution in [0.15, 0.2) is 0 Å². The molecule has 0 saturated carbocycles. The van der Waals surface area contributed by atoms with Crippen LogP contribution in [0.3, 0.4) is 0 Å². The molecule has 8 heteroatoms. The van der Waals surface area contributed by atoms with Crippen molar-refractivity contribution >= 4 is 27.4 Å². The van der Waals surface area contributed by atoms with Crippen molar-refractivity contribution in [3.8, 4) is 0 Å². The molecule has 0 aromatic heterocycles. The van der Waals surface area contributed by atoms with Gasteiger partial charge in [0, 0.05) is 0 Å². The second-order valence-corrected chi connectivity index (χ2v) is 12.5. The molecule has 0 radical (unpaired) electrons. The molecule has 0 aromatic carbocycles. The van der Waals surface area contributed by atoms with Gasteiger partial charge in [-0.2, -0.15) is 8.42 Å². The van der Waals surface area contributed by atoms with Crippen molar-refractivity contribution in [1.29, 1.82) is 0 Å². The third kappa shape index (κ3) is 49.3. The van der Waals surface area contributed by atoms with Gasteiger partial charge in [-0.3, -0.25) is 0 Å². The van der Waals surface area contributed by atoms with E-state index in [-0.39, 0.29) is 61.2 Å². The first-order valence-corrected chi connectivity index (χ1v) is 17.3. The Hall–Kier alpha value is 1.31. The van der Waals surface area contributed by atoms with E-state index in [1.807, 2.05) is 26.0 Å². The van der Waals surface area contributed by atoms with E-state index in [1.54, 1.807) is 0 Å². The molecule has 0 saturated heterocycles. The summed E-state index contributed by atoms with van der Waals surface area (Å²) in [6.45, 7) is 5.01. The number of hydrogen-bond acceptors (Lipinski definition) is 5. The SMILES string of the molecule is Br.CCCCCCCCCCCCCCCCOS(=O)(=O)OCCCCCCCCCCCC.CN(C)C.[H-].[Na+]. The number of halogens is 1. The number of nitrogens with zero attached hydrogens (tertiary/aromatic N) is 1. The molecule has 236 valence electrons. The van der Waals surface area contributed by atoms with Gasteiger partial charge in [0.1, 0.15) is 0 Å². The molecule has 0 spiro atoms. The molecule has 39 heavy (non-hydrogen) atoms. The summed E-state index contributed by atoms with van der Waals surface area (Å²) < 4.78 is 33.5. The summed E-state index contributed by atoms with van der Waals surface area (Å²) in [5, 5.41) is 0. The maximum absolute atomic E-state index is 11.8. The van der Waals surface area contributed by atoms with Crippen LogP contribution in [0.1, 0.15) is 169 Å². The quantitative estimate of drug-likeness (QED) is 0.0645. The average Bonchev–Trinajstić information content (AvgIpc) is 2.84. The first-order chi connectivity index (χ1) is 17.9. The van der Waals surface area contributed by atoms with Gasteiger partial charge in [0.2, 0.25) is 0 Å². The maximum atomic E-state index is 11.8. The third-order valence-corrected chi connectivity index (χ3v) is 7.36. The van der Waals surface area contributed by atoms with Crippen molar-refractivity contribution in [2.45, 2.75) is 168 Å². The van der Waals surface area contributed by atoms with Crippen molar-refractivity contribution in [2.24, 2.45) is 0 Å². The summed E-state index contributed by atoms with van der Waals surface area (Å²) in [5.41, 5.74) is 0. The molecule has 0 N–H and O–H groups in total. The molecule has 0 aliphatic heterocycles. The Kier molecular flexibility index (Phi) is 47.6.